The lowest BCUT2D eigenvalue weighted by atomic mass is 10.1. The second kappa shape index (κ2) is 3.76. The predicted molar refractivity (Wildman–Crippen MR) is 59.9 cm³/mol. The molecule has 2 heteroatoms. The lowest BCUT2D eigenvalue weighted by Gasteiger charge is -2.02. The largest absolute Gasteiger partial charge is 0.298 e. The first kappa shape index (κ1) is 9.16. The second-order valence-corrected chi connectivity index (χ2v) is 4.05. The average Bonchev–Trinajstić information content (AvgIpc) is 2.64. The highest BCUT2D eigenvalue weighted by molar-refractivity contribution is 7.13. The maximum Gasteiger partial charge on any atom is 0.150 e. The SMILES string of the molecule is Cc1ccsc1-c1ccccc1C=O. The molecule has 0 aliphatic heterocycles. The van der Waals surface area contributed by atoms with Gasteiger partial charge in [0.05, 0.1) is 0 Å². The van der Waals surface area contributed by atoms with E-state index in [1.54, 1.807) is 11.3 Å². The molecule has 0 N–H and O–H groups in total. The molecule has 1 heterocycles. The fourth-order valence-electron chi connectivity index (χ4n) is 1.46. The van der Waals surface area contributed by atoms with Gasteiger partial charge in [-0.15, -0.1) is 11.3 Å². The molecule has 0 fully saturated rings. The van der Waals surface area contributed by atoms with Crippen LogP contribution in [0.1, 0.15) is 15.9 Å². The summed E-state index contributed by atoms with van der Waals surface area (Å²) in [6.07, 6.45) is 0.911. The smallest absolute Gasteiger partial charge is 0.150 e. The van der Waals surface area contributed by atoms with Crippen molar-refractivity contribution in [1.82, 2.24) is 0 Å². The van der Waals surface area contributed by atoms with E-state index in [0.717, 1.165) is 17.4 Å². The van der Waals surface area contributed by atoms with Gasteiger partial charge in [-0.25, -0.2) is 0 Å². The molecule has 2 rings (SSSR count). The Labute approximate surface area is 87.0 Å². The van der Waals surface area contributed by atoms with E-state index in [1.165, 1.54) is 10.4 Å². The number of carbonyl (C=O) groups is 1. The van der Waals surface area contributed by atoms with Crippen LogP contribution in [-0.4, -0.2) is 6.29 Å². The van der Waals surface area contributed by atoms with Crippen LogP contribution in [0.2, 0.25) is 0 Å². The first-order chi connectivity index (χ1) is 6.83. The molecule has 0 radical (unpaired) electrons. The molecule has 0 amide bonds. The zero-order valence-electron chi connectivity index (χ0n) is 7.86. The number of aldehydes is 1. The van der Waals surface area contributed by atoms with Gasteiger partial charge in [0.1, 0.15) is 0 Å². The molecule has 0 unspecified atom stereocenters. The van der Waals surface area contributed by atoms with Gasteiger partial charge in [-0.2, -0.15) is 0 Å². The summed E-state index contributed by atoms with van der Waals surface area (Å²) in [5.74, 6) is 0. The first-order valence-corrected chi connectivity index (χ1v) is 5.29. The topological polar surface area (TPSA) is 17.1 Å². The summed E-state index contributed by atoms with van der Waals surface area (Å²) >= 11 is 1.67. The summed E-state index contributed by atoms with van der Waals surface area (Å²) in [4.78, 5) is 12.0. The van der Waals surface area contributed by atoms with Crippen molar-refractivity contribution in [2.24, 2.45) is 0 Å². The Kier molecular flexibility index (Phi) is 2.46. The third-order valence-electron chi connectivity index (χ3n) is 2.19. The van der Waals surface area contributed by atoms with E-state index in [0.29, 0.717) is 0 Å². The summed E-state index contributed by atoms with van der Waals surface area (Å²) in [6.45, 7) is 2.06. The fraction of sp³-hybridized carbons (Fsp3) is 0.0833. The third-order valence-corrected chi connectivity index (χ3v) is 3.24. The summed E-state index contributed by atoms with van der Waals surface area (Å²) < 4.78 is 0. The van der Waals surface area contributed by atoms with Crippen LogP contribution in [0.4, 0.5) is 0 Å². The molecule has 0 saturated heterocycles. The normalized spacial score (nSPS) is 10.1. The highest BCUT2D eigenvalue weighted by atomic mass is 32.1. The quantitative estimate of drug-likeness (QED) is 0.681. The van der Waals surface area contributed by atoms with Crippen LogP contribution in [-0.2, 0) is 0 Å². The number of hydrogen-bond donors (Lipinski definition) is 0. The van der Waals surface area contributed by atoms with Gasteiger partial charge in [-0.1, -0.05) is 24.3 Å². The minimum absolute atomic E-state index is 0.762. The van der Waals surface area contributed by atoms with E-state index in [1.807, 2.05) is 29.6 Å². The van der Waals surface area contributed by atoms with Crippen molar-refractivity contribution in [3.05, 3.63) is 46.8 Å². The Bertz CT molecular complexity index is 457. The van der Waals surface area contributed by atoms with Crippen molar-refractivity contribution in [2.45, 2.75) is 6.92 Å². The van der Waals surface area contributed by atoms with Crippen molar-refractivity contribution < 1.29 is 4.79 Å². The monoisotopic (exact) mass is 202 g/mol. The molecule has 2 aromatic rings. The Morgan fingerprint density at radius 3 is 2.64 bits per heavy atom. The van der Waals surface area contributed by atoms with Crippen molar-refractivity contribution in [3.63, 3.8) is 0 Å². The lowest BCUT2D eigenvalue weighted by molar-refractivity contribution is 0.112. The summed E-state index contributed by atoms with van der Waals surface area (Å²) in [5, 5.41) is 2.05. The van der Waals surface area contributed by atoms with Crippen LogP contribution in [0.15, 0.2) is 35.7 Å². The molecule has 0 saturated carbocycles. The lowest BCUT2D eigenvalue weighted by Crippen LogP contribution is -1.85. The van der Waals surface area contributed by atoms with Gasteiger partial charge in [0.25, 0.3) is 0 Å². The van der Waals surface area contributed by atoms with Gasteiger partial charge in [0.15, 0.2) is 6.29 Å². The molecule has 1 aromatic heterocycles. The Hall–Kier alpha value is -1.41. The molecular formula is C12H10OS. The van der Waals surface area contributed by atoms with Crippen LogP contribution >= 0.6 is 11.3 Å². The minimum Gasteiger partial charge on any atom is -0.298 e. The highest BCUT2D eigenvalue weighted by Crippen LogP contribution is 2.30. The van der Waals surface area contributed by atoms with Gasteiger partial charge in [0.2, 0.25) is 0 Å². The summed E-state index contributed by atoms with van der Waals surface area (Å²) in [5.41, 5.74) is 3.03. The van der Waals surface area contributed by atoms with Crippen LogP contribution in [0.3, 0.4) is 0 Å². The van der Waals surface area contributed by atoms with E-state index in [2.05, 4.69) is 13.0 Å². The van der Waals surface area contributed by atoms with Gasteiger partial charge >= 0.3 is 0 Å². The molecule has 0 bridgehead atoms. The molecule has 0 aliphatic rings. The number of hydrogen-bond acceptors (Lipinski definition) is 2. The molecule has 70 valence electrons. The van der Waals surface area contributed by atoms with Crippen LogP contribution in [0.5, 0.6) is 0 Å². The summed E-state index contributed by atoms with van der Waals surface area (Å²) in [7, 11) is 0. The second-order valence-electron chi connectivity index (χ2n) is 3.14. The molecular weight excluding hydrogens is 192 g/mol. The standard InChI is InChI=1S/C12H10OS/c1-9-6-7-14-12(9)11-5-3-2-4-10(11)8-13/h2-8H,1H3. The molecule has 0 aliphatic carbocycles. The first-order valence-electron chi connectivity index (χ1n) is 4.41. The van der Waals surface area contributed by atoms with Crippen LogP contribution < -0.4 is 0 Å². The number of rotatable bonds is 2. The zero-order chi connectivity index (χ0) is 9.97. The molecule has 1 nitrogen and oxygen atoms in total. The maximum absolute atomic E-state index is 10.8. The van der Waals surface area contributed by atoms with Crippen molar-refractivity contribution >= 4 is 17.6 Å². The molecule has 0 atom stereocenters. The average molecular weight is 202 g/mol. The van der Waals surface area contributed by atoms with Crippen LogP contribution in [0, 0.1) is 6.92 Å². The number of benzene rings is 1. The molecule has 0 spiro atoms. The highest BCUT2D eigenvalue weighted by Gasteiger charge is 2.06. The summed E-state index contributed by atoms with van der Waals surface area (Å²) in [6, 6.07) is 9.75. The zero-order valence-corrected chi connectivity index (χ0v) is 8.67. The fourth-order valence-corrected chi connectivity index (χ4v) is 2.43. The maximum atomic E-state index is 10.8. The third kappa shape index (κ3) is 1.49. The van der Waals surface area contributed by atoms with Crippen LogP contribution in [0.25, 0.3) is 10.4 Å². The van der Waals surface area contributed by atoms with Gasteiger partial charge in [-0.3, -0.25) is 4.79 Å². The van der Waals surface area contributed by atoms with E-state index in [9.17, 15) is 4.79 Å². The number of thiophene rings is 1. The predicted octanol–water partition coefficient (Wildman–Crippen LogP) is 3.54. The van der Waals surface area contributed by atoms with Crippen molar-refractivity contribution in [3.8, 4) is 10.4 Å². The number of aryl methyl sites for hydroxylation is 1. The van der Waals surface area contributed by atoms with E-state index in [-0.39, 0.29) is 0 Å². The van der Waals surface area contributed by atoms with E-state index >= 15 is 0 Å². The Morgan fingerprint density at radius 1 is 1.21 bits per heavy atom. The van der Waals surface area contributed by atoms with Gasteiger partial charge < -0.3 is 0 Å². The number of carbonyl (C=O) groups excluding carboxylic acids is 1. The minimum atomic E-state index is 0.762. The molecule has 14 heavy (non-hydrogen) atoms. The molecule has 1 aromatic carbocycles. The van der Waals surface area contributed by atoms with Crippen molar-refractivity contribution in [2.75, 3.05) is 0 Å². The van der Waals surface area contributed by atoms with Crippen molar-refractivity contribution in [1.29, 1.82) is 0 Å². The van der Waals surface area contributed by atoms with Gasteiger partial charge in [-0.05, 0) is 23.9 Å². The van der Waals surface area contributed by atoms with E-state index in [4.69, 9.17) is 0 Å². The Balaban J connectivity index is 2.62. The van der Waals surface area contributed by atoms with Gasteiger partial charge in [0, 0.05) is 16.0 Å². The Morgan fingerprint density at radius 2 is 2.00 bits per heavy atom. The van der Waals surface area contributed by atoms with E-state index < -0.39 is 0 Å².